The number of aromatic nitrogens is 1. The van der Waals surface area contributed by atoms with Gasteiger partial charge in [0.1, 0.15) is 0 Å². The molecule has 0 aliphatic rings. The average Bonchev–Trinajstić information content (AvgIpc) is 3.41. The van der Waals surface area contributed by atoms with Gasteiger partial charge in [-0.2, -0.15) is 0 Å². The molecule has 0 fully saturated rings. The number of rotatable bonds is 8. The fourth-order valence-electron chi connectivity index (χ4n) is 5.59. The lowest BCUT2D eigenvalue weighted by Gasteiger charge is -2.12. The minimum absolute atomic E-state index is 1.13. The summed E-state index contributed by atoms with van der Waals surface area (Å²) < 4.78 is 2.31. The zero-order valence-corrected chi connectivity index (χ0v) is 28.6. The molecule has 1 aromatic heterocycles. The van der Waals surface area contributed by atoms with Crippen LogP contribution in [0.5, 0.6) is 0 Å². The minimum Gasteiger partial charge on any atom is -0.405 e. The molecule has 0 atom stereocenters. The molecule has 1 heterocycles. The number of nitrogens with zero attached hydrogens (tertiary/aromatic N) is 1. The van der Waals surface area contributed by atoms with E-state index in [1.807, 2.05) is 37.3 Å². The molecular formula is C46H46N2. The van der Waals surface area contributed by atoms with Gasteiger partial charge in [0.25, 0.3) is 0 Å². The van der Waals surface area contributed by atoms with E-state index in [4.69, 9.17) is 5.73 Å². The summed E-state index contributed by atoms with van der Waals surface area (Å²) in [7, 11) is 2.16. The van der Waals surface area contributed by atoms with Gasteiger partial charge in [0.2, 0.25) is 0 Å². The standard InChI is InChI=1S/C41H38N2.C5H8/c1-4-13-37-19-9-10-22-39(37)41-31(2)30-40(43(41)3)38-25-23-32(24-26-38)14-11-20-33-15-5-7-17-35(33)27-28-36-18-8-6-16-34(36)21-12-29-42;1-3-5-4-2/h4-30H,42H2,1-3H3;3-5H,1H2,2H3/b13-4-,14-11-,29-12+,33-20-,34-21-,35-27+,36-28-;5-4+. The molecule has 0 unspecified atom stereocenters. The van der Waals surface area contributed by atoms with Gasteiger partial charge in [-0.25, -0.2) is 0 Å². The number of hydrogen-bond acceptors (Lipinski definition) is 1. The molecule has 4 aromatic carbocycles. The van der Waals surface area contributed by atoms with Crippen LogP contribution in [0.3, 0.4) is 0 Å². The maximum Gasteiger partial charge on any atom is 0.0518 e. The van der Waals surface area contributed by atoms with E-state index < -0.39 is 0 Å². The van der Waals surface area contributed by atoms with E-state index >= 15 is 0 Å². The molecule has 0 aliphatic carbocycles. The number of aryl methyl sites for hydroxylation is 1. The van der Waals surface area contributed by atoms with Crippen molar-refractivity contribution in [3.05, 3.63) is 190 Å². The predicted molar refractivity (Wildman–Crippen MR) is 212 cm³/mol. The fourth-order valence-corrected chi connectivity index (χ4v) is 5.59. The van der Waals surface area contributed by atoms with Crippen molar-refractivity contribution >= 4 is 36.5 Å². The van der Waals surface area contributed by atoms with Crippen LogP contribution < -0.4 is 26.6 Å². The molecule has 0 radical (unpaired) electrons. The Morgan fingerprint density at radius 1 is 0.625 bits per heavy atom. The highest BCUT2D eigenvalue weighted by atomic mass is 15.0. The largest absolute Gasteiger partial charge is 0.405 e. The summed E-state index contributed by atoms with van der Waals surface area (Å²) in [6.45, 7) is 9.68. The van der Waals surface area contributed by atoms with E-state index in [-0.39, 0.29) is 0 Å². The Labute approximate surface area is 286 Å². The van der Waals surface area contributed by atoms with Crippen molar-refractivity contribution in [3.63, 3.8) is 0 Å². The zero-order chi connectivity index (χ0) is 34.1. The SMILES string of the molecule is C/C=C\c1ccccc1-c1c(C)cc(-c2ccc(\C=C/C=c3/cccc/c3=C\C=c3\cccc\c3=C\C=C\N)cc2)n1C.C=C/C=C/C. The smallest absolute Gasteiger partial charge is 0.0518 e. The van der Waals surface area contributed by atoms with Gasteiger partial charge in [-0.1, -0.05) is 170 Å². The second-order valence-electron chi connectivity index (χ2n) is 11.3. The molecule has 48 heavy (non-hydrogen) atoms. The van der Waals surface area contributed by atoms with Crippen LogP contribution in [0.4, 0.5) is 0 Å². The molecule has 2 heteroatoms. The van der Waals surface area contributed by atoms with E-state index in [1.54, 1.807) is 12.3 Å². The maximum atomic E-state index is 5.54. The van der Waals surface area contributed by atoms with Crippen LogP contribution in [0.15, 0.2) is 152 Å². The second-order valence-corrected chi connectivity index (χ2v) is 11.3. The Bertz CT molecular complexity index is 2180. The van der Waals surface area contributed by atoms with Gasteiger partial charge in [-0.15, -0.1) is 0 Å². The van der Waals surface area contributed by atoms with Gasteiger partial charge in [0, 0.05) is 18.3 Å². The lowest BCUT2D eigenvalue weighted by atomic mass is 10.0. The third-order valence-corrected chi connectivity index (χ3v) is 7.91. The normalized spacial score (nSPS) is 13.3. The Morgan fingerprint density at radius 3 is 1.73 bits per heavy atom. The molecule has 2 N–H and O–H groups in total. The molecule has 0 saturated carbocycles. The lowest BCUT2D eigenvalue weighted by Crippen LogP contribution is -2.26. The molecule has 0 aliphatic heterocycles. The molecule has 240 valence electrons. The van der Waals surface area contributed by atoms with Crippen molar-refractivity contribution in [2.45, 2.75) is 20.8 Å². The molecule has 0 spiro atoms. The number of allylic oxidation sites excluding steroid dienone is 6. The highest BCUT2D eigenvalue weighted by molar-refractivity contribution is 5.79. The van der Waals surface area contributed by atoms with Crippen molar-refractivity contribution in [2.75, 3.05) is 0 Å². The van der Waals surface area contributed by atoms with Crippen LogP contribution in [0.2, 0.25) is 0 Å². The van der Waals surface area contributed by atoms with Crippen molar-refractivity contribution < 1.29 is 0 Å². The van der Waals surface area contributed by atoms with Gasteiger partial charge in [0.05, 0.1) is 5.69 Å². The Kier molecular flexibility index (Phi) is 13.4. The first kappa shape index (κ1) is 35.0. The first-order valence-corrected chi connectivity index (χ1v) is 16.3. The third kappa shape index (κ3) is 9.34. The fraction of sp³-hybridized carbons (Fsp3) is 0.0870. The van der Waals surface area contributed by atoms with E-state index in [0.717, 1.165) is 21.2 Å². The van der Waals surface area contributed by atoms with E-state index in [1.165, 1.54) is 38.9 Å². The predicted octanol–water partition coefficient (Wildman–Crippen LogP) is 8.46. The summed E-state index contributed by atoms with van der Waals surface area (Å²) >= 11 is 0. The van der Waals surface area contributed by atoms with Crippen LogP contribution >= 0.6 is 0 Å². The van der Waals surface area contributed by atoms with Gasteiger partial charge < -0.3 is 10.3 Å². The monoisotopic (exact) mass is 626 g/mol. The summed E-state index contributed by atoms with van der Waals surface area (Å²) in [5, 5.41) is 4.61. The summed E-state index contributed by atoms with van der Waals surface area (Å²) in [6, 6.07) is 36.4. The Balaban J connectivity index is 0.000000968. The van der Waals surface area contributed by atoms with Crippen LogP contribution in [0.25, 0.3) is 59.0 Å². The molecular weight excluding hydrogens is 581 g/mol. The van der Waals surface area contributed by atoms with Gasteiger partial charge in [0.15, 0.2) is 0 Å². The van der Waals surface area contributed by atoms with Crippen LogP contribution in [-0.4, -0.2) is 4.57 Å². The third-order valence-electron chi connectivity index (χ3n) is 7.91. The highest BCUT2D eigenvalue weighted by Crippen LogP contribution is 2.34. The second kappa shape index (κ2) is 18.3. The Morgan fingerprint density at radius 2 is 1.19 bits per heavy atom. The number of nitrogens with two attached hydrogens (primary N) is 1. The van der Waals surface area contributed by atoms with Gasteiger partial charge in [-0.3, -0.25) is 0 Å². The van der Waals surface area contributed by atoms with Crippen molar-refractivity contribution in [1.82, 2.24) is 4.57 Å². The van der Waals surface area contributed by atoms with E-state index in [9.17, 15) is 0 Å². The first-order chi connectivity index (χ1) is 23.5. The summed E-state index contributed by atoms with van der Waals surface area (Å²) in [6.07, 6.45) is 26.0. The number of hydrogen-bond donors (Lipinski definition) is 1. The topological polar surface area (TPSA) is 30.9 Å². The Hall–Kier alpha value is -5.86. The van der Waals surface area contributed by atoms with E-state index in [0.29, 0.717) is 0 Å². The summed E-state index contributed by atoms with van der Waals surface area (Å²) in [4.78, 5) is 0. The lowest BCUT2D eigenvalue weighted by molar-refractivity contribution is 0.943. The van der Waals surface area contributed by atoms with E-state index in [2.05, 4.69) is 172 Å². The van der Waals surface area contributed by atoms with Crippen molar-refractivity contribution in [2.24, 2.45) is 12.8 Å². The quantitative estimate of drug-likeness (QED) is 0.172. The maximum absolute atomic E-state index is 5.54. The number of benzene rings is 4. The molecule has 0 saturated heterocycles. The van der Waals surface area contributed by atoms with Crippen LogP contribution in [-0.2, 0) is 7.05 Å². The molecule has 5 aromatic rings. The first-order valence-electron chi connectivity index (χ1n) is 16.3. The molecule has 2 nitrogen and oxygen atoms in total. The zero-order valence-electron chi connectivity index (χ0n) is 28.6. The van der Waals surface area contributed by atoms with Crippen molar-refractivity contribution in [3.8, 4) is 22.5 Å². The summed E-state index contributed by atoms with van der Waals surface area (Å²) in [5.74, 6) is 0. The van der Waals surface area contributed by atoms with Gasteiger partial charge >= 0.3 is 0 Å². The van der Waals surface area contributed by atoms with Crippen LogP contribution in [0, 0.1) is 6.92 Å². The van der Waals surface area contributed by atoms with Crippen LogP contribution in [0.1, 0.15) is 30.5 Å². The molecule has 0 bridgehead atoms. The van der Waals surface area contributed by atoms with Gasteiger partial charge in [-0.05, 0) is 82.2 Å². The summed E-state index contributed by atoms with van der Waals surface area (Å²) in [5.41, 5.74) is 14.1. The average molecular weight is 627 g/mol. The minimum atomic E-state index is 1.13. The van der Waals surface area contributed by atoms with Crippen molar-refractivity contribution in [1.29, 1.82) is 0 Å². The highest BCUT2D eigenvalue weighted by Gasteiger charge is 2.14. The molecule has 5 rings (SSSR count). The molecule has 0 amide bonds.